The van der Waals surface area contributed by atoms with E-state index in [4.69, 9.17) is 5.73 Å². The van der Waals surface area contributed by atoms with Crippen LogP contribution in [-0.4, -0.2) is 31.9 Å². The van der Waals surface area contributed by atoms with Crippen LogP contribution in [0.5, 0.6) is 0 Å². The number of nitrogens with two attached hydrogens (primary N) is 1. The number of hydrogen-bond donors (Lipinski definition) is 1. The topological polar surface area (TPSA) is 63.4 Å². The van der Waals surface area contributed by atoms with Gasteiger partial charge >= 0.3 is 0 Å². The zero-order valence-corrected chi connectivity index (χ0v) is 12.0. The Hall–Kier alpha value is -1.05. The Labute approximate surface area is 117 Å². The molecule has 1 saturated heterocycles. The maximum Gasteiger partial charge on any atom is 0.246 e. The molecule has 0 amide bonds. The maximum absolute atomic E-state index is 13.7. The molecule has 0 spiro atoms. The molecule has 0 aromatic heterocycles. The van der Waals surface area contributed by atoms with Crippen LogP contribution in [0.3, 0.4) is 0 Å². The van der Waals surface area contributed by atoms with Crippen molar-refractivity contribution < 1.29 is 17.2 Å². The molecule has 2 unspecified atom stereocenters. The summed E-state index contributed by atoms with van der Waals surface area (Å²) in [6, 6.07) is 2.29. The molecule has 1 heterocycles. The van der Waals surface area contributed by atoms with Crippen LogP contribution in [0.15, 0.2) is 23.1 Å². The number of sulfonamides is 1. The van der Waals surface area contributed by atoms with Crippen LogP contribution in [0, 0.1) is 17.6 Å². The zero-order chi connectivity index (χ0) is 14.9. The van der Waals surface area contributed by atoms with E-state index < -0.39 is 26.6 Å². The maximum atomic E-state index is 13.7. The third-order valence-electron chi connectivity index (χ3n) is 3.74. The lowest BCUT2D eigenvalue weighted by Gasteiger charge is -2.36. The number of halogens is 2. The molecule has 7 heteroatoms. The SMILES string of the molecule is CC1CCC(CN)CN1S(=O)(=O)c1ccc(F)cc1F. The number of rotatable bonds is 3. The lowest BCUT2D eigenvalue weighted by Crippen LogP contribution is -2.47. The van der Waals surface area contributed by atoms with Crippen molar-refractivity contribution in [2.45, 2.75) is 30.7 Å². The van der Waals surface area contributed by atoms with E-state index in [1.165, 1.54) is 4.31 Å². The summed E-state index contributed by atoms with van der Waals surface area (Å²) >= 11 is 0. The summed E-state index contributed by atoms with van der Waals surface area (Å²) in [5, 5.41) is 0. The molecule has 0 aliphatic carbocycles. The quantitative estimate of drug-likeness (QED) is 0.924. The van der Waals surface area contributed by atoms with Gasteiger partial charge in [-0.1, -0.05) is 0 Å². The first-order valence-electron chi connectivity index (χ1n) is 6.53. The fourth-order valence-corrected chi connectivity index (χ4v) is 4.27. The van der Waals surface area contributed by atoms with Crippen LogP contribution in [0.2, 0.25) is 0 Å². The Bertz CT molecular complexity index is 592. The second-order valence-corrected chi connectivity index (χ2v) is 7.04. The second-order valence-electron chi connectivity index (χ2n) is 5.18. The molecule has 0 saturated carbocycles. The van der Waals surface area contributed by atoms with Crippen molar-refractivity contribution in [3.05, 3.63) is 29.8 Å². The highest BCUT2D eigenvalue weighted by molar-refractivity contribution is 7.89. The van der Waals surface area contributed by atoms with Gasteiger partial charge < -0.3 is 5.73 Å². The number of hydrogen-bond acceptors (Lipinski definition) is 3. The van der Waals surface area contributed by atoms with E-state index in [-0.39, 0.29) is 18.5 Å². The average molecular weight is 304 g/mol. The first-order chi connectivity index (χ1) is 9.36. The molecule has 20 heavy (non-hydrogen) atoms. The summed E-state index contributed by atoms with van der Waals surface area (Å²) in [6.45, 7) is 2.45. The van der Waals surface area contributed by atoms with Gasteiger partial charge in [0.15, 0.2) is 0 Å². The van der Waals surface area contributed by atoms with Gasteiger partial charge in [0.25, 0.3) is 0 Å². The Morgan fingerprint density at radius 3 is 2.65 bits per heavy atom. The Morgan fingerprint density at radius 2 is 2.05 bits per heavy atom. The van der Waals surface area contributed by atoms with Gasteiger partial charge in [-0.2, -0.15) is 4.31 Å². The van der Waals surface area contributed by atoms with E-state index in [0.29, 0.717) is 19.0 Å². The van der Waals surface area contributed by atoms with Crippen molar-refractivity contribution in [1.82, 2.24) is 4.31 Å². The van der Waals surface area contributed by atoms with E-state index in [9.17, 15) is 17.2 Å². The second kappa shape index (κ2) is 5.75. The third-order valence-corrected chi connectivity index (χ3v) is 5.75. The van der Waals surface area contributed by atoms with Crippen molar-refractivity contribution in [2.75, 3.05) is 13.1 Å². The van der Waals surface area contributed by atoms with Gasteiger partial charge in [0, 0.05) is 18.7 Å². The highest BCUT2D eigenvalue weighted by Gasteiger charge is 2.35. The van der Waals surface area contributed by atoms with Crippen LogP contribution in [0.4, 0.5) is 8.78 Å². The van der Waals surface area contributed by atoms with Crippen molar-refractivity contribution in [1.29, 1.82) is 0 Å². The number of nitrogens with zero attached hydrogens (tertiary/aromatic N) is 1. The fraction of sp³-hybridized carbons (Fsp3) is 0.538. The zero-order valence-electron chi connectivity index (χ0n) is 11.2. The lowest BCUT2D eigenvalue weighted by atomic mass is 9.96. The summed E-state index contributed by atoms with van der Waals surface area (Å²) < 4.78 is 52.9. The van der Waals surface area contributed by atoms with E-state index in [1.54, 1.807) is 6.92 Å². The molecule has 0 bridgehead atoms. The van der Waals surface area contributed by atoms with Gasteiger partial charge in [0.1, 0.15) is 16.5 Å². The summed E-state index contributed by atoms with van der Waals surface area (Å²) in [5.41, 5.74) is 5.60. The Balaban J connectivity index is 2.38. The first-order valence-corrected chi connectivity index (χ1v) is 7.97. The fourth-order valence-electron chi connectivity index (χ4n) is 2.48. The molecule has 1 aliphatic rings. The molecule has 1 aliphatic heterocycles. The largest absolute Gasteiger partial charge is 0.330 e. The van der Waals surface area contributed by atoms with Crippen LogP contribution in [0.25, 0.3) is 0 Å². The molecule has 2 N–H and O–H groups in total. The molecule has 2 rings (SSSR count). The Morgan fingerprint density at radius 1 is 1.35 bits per heavy atom. The van der Waals surface area contributed by atoms with Crippen molar-refractivity contribution in [2.24, 2.45) is 11.7 Å². The minimum atomic E-state index is -3.97. The average Bonchev–Trinajstić information content (AvgIpc) is 2.38. The van der Waals surface area contributed by atoms with Crippen LogP contribution < -0.4 is 5.73 Å². The van der Waals surface area contributed by atoms with E-state index >= 15 is 0 Å². The molecule has 4 nitrogen and oxygen atoms in total. The van der Waals surface area contributed by atoms with Gasteiger partial charge in [0.05, 0.1) is 0 Å². The van der Waals surface area contributed by atoms with E-state index in [1.807, 2.05) is 0 Å². The van der Waals surface area contributed by atoms with E-state index in [2.05, 4.69) is 0 Å². The summed E-state index contributed by atoms with van der Waals surface area (Å²) in [7, 11) is -3.97. The smallest absolute Gasteiger partial charge is 0.246 e. The van der Waals surface area contributed by atoms with Gasteiger partial charge in [-0.15, -0.1) is 0 Å². The minimum Gasteiger partial charge on any atom is -0.330 e. The molecule has 1 aromatic carbocycles. The molecular formula is C13H18F2N2O2S. The lowest BCUT2D eigenvalue weighted by molar-refractivity contribution is 0.210. The Kier molecular flexibility index (Phi) is 4.41. The first kappa shape index (κ1) is 15.3. The van der Waals surface area contributed by atoms with Crippen LogP contribution >= 0.6 is 0 Å². The number of benzene rings is 1. The van der Waals surface area contributed by atoms with Gasteiger partial charge in [-0.05, 0) is 44.4 Å². The van der Waals surface area contributed by atoms with Crippen LogP contribution in [-0.2, 0) is 10.0 Å². The highest BCUT2D eigenvalue weighted by Crippen LogP contribution is 2.29. The standard InChI is InChI=1S/C13H18F2N2O2S/c1-9-2-3-10(7-16)8-17(9)20(18,19)13-5-4-11(14)6-12(13)15/h4-6,9-10H,2-3,7-8,16H2,1H3. The van der Waals surface area contributed by atoms with Crippen LogP contribution in [0.1, 0.15) is 19.8 Å². The molecule has 0 radical (unpaired) electrons. The van der Waals surface area contributed by atoms with Gasteiger partial charge in [-0.25, -0.2) is 17.2 Å². The van der Waals surface area contributed by atoms with Gasteiger partial charge in [-0.3, -0.25) is 0 Å². The molecule has 2 atom stereocenters. The normalized spacial score (nSPS) is 24.8. The summed E-state index contributed by atoms with van der Waals surface area (Å²) in [6.07, 6.45) is 1.54. The highest BCUT2D eigenvalue weighted by atomic mass is 32.2. The van der Waals surface area contributed by atoms with Crippen molar-refractivity contribution in [3.8, 4) is 0 Å². The van der Waals surface area contributed by atoms with E-state index in [0.717, 1.165) is 18.6 Å². The summed E-state index contributed by atoms with van der Waals surface area (Å²) in [5.74, 6) is -1.79. The summed E-state index contributed by atoms with van der Waals surface area (Å²) in [4.78, 5) is -0.483. The predicted molar refractivity (Wildman–Crippen MR) is 71.5 cm³/mol. The van der Waals surface area contributed by atoms with Crippen molar-refractivity contribution in [3.63, 3.8) is 0 Å². The molecule has 1 fully saturated rings. The predicted octanol–water partition coefficient (Wildman–Crippen LogP) is 1.71. The van der Waals surface area contributed by atoms with Crippen molar-refractivity contribution >= 4 is 10.0 Å². The third kappa shape index (κ3) is 2.84. The molecule has 112 valence electrons. The number of piperidine rings is 1. The molecular weight excluding hydrogens is 286 g/mol. The molecule has 1 aromatic rings. The van der Waals surface area contributed by atoms with Gasteiger partial charge in [0.2, 0.25) is 10.0 Å². The minimum absolute atomic E-state index is 0.0736. The monoisotopic (exact) mass is 304 g/mol.